The third kappa shape index (κ3) is 1.72. The van der Waals surface area contributed by atoms with E-state index in [2.05, 4.69) is 4.98 Å². The van der Waals surface area contributed by atoms with Crippen molar-refractivity contribution >= 4 is 57.3 Å². The number of phenolic OH excluding ortho intramolecular Hbond substituents is 1. The van der Waals surface area contributed by atoms with Gasteiger partial charge in [0.05, 0.1) is 15.1 Å². The third-order valence-electron chi connectivity index (χ3n) is 1.91. The number of aromatic nitrogens is 1. The summed E-state index contributed by atoms with van der Waals surface area (Å²) < 4.78 is 0. The van der Waals surface area contributed by atoms with Crippen molar-refractivity contribution in [3.8, 4) is 5.75 Å². The zero-order valence-electron chi connectivity index (χ0n) is 7.06. The molecule has 0 atom stereocenters. The van der Waals surface area contributed by atoms with Crippen molar-refractivity contribution in [1.82, 2.24) is 4.98 Å². The Morgan fingerprint density at radius 2 is 1.67 bits per heavy atom. The highest BCUT2D eigenvalue weighted by Gasteiger charge is 2.15. The van der Waals surface area contributed by atoms with Crippen LogP contribution in [0.3, 0.4) is 0 Å². The predicted molar refractivity (Wildman–Crippen MR) is 63.4 cm³/mol. The van der Waals surface area contributed by atoms with Gasteiger partial charge in [-0.2, -0.15) is 0 Å². The summed E-state index contributed by atoms with van der Waals surface area (Å²) in [4.78, 5) is 3.91. The molecular formula is C9H3Cl4NO. The zero-order chi connectivity index (χ0) is 11.2. The van der Waals surface area contributed by atoms with E-state index in [1.165, 1.54) is 12.1 Å². The summed E-state index contributed by atoms with van der Waals surface area (Å²) in [6.07, 6.45) is 0. The fourth-order valence-corrected chi connectivity index (χ4v) is 2.17. The quantitative estimate of drug-likeness (QED) is 0.719. The number of hydrogen-bond donors (Lipinski definition) is 1. The Hall–Kier alpha value is -0.410. The van der Waals surface area contributed by atoms with E-state index in [0.717, 1.165) is 0 Å². The molecule has 0 aliphatic rings. The van der Waals surface area contributed by atoms with Gasteiger partial charge in [-0.25, -0.2) is 4.98 Å². The number of halogens is 4. The van der Waals surface area contributed by atoms with Crippen molar-refractivity contribution in [3.63, 3.8) is 0 Å². The molecule has 2 aromatic rings. The highest BCUT2D eigenvalue weighted by molar-refractivity contribution is 6.51. The molecule has 0 saturated carbocycles. The molecule has 1 aromatic heterocycles. The molecule has 0 spiro atoms. The number of nitrogens with zero attached hydrogens (tertiary/aromatic N) is 1. The van der Waals surface area contributed by atoms with Crippen molar-refractivity contribution in [2.24, 2.45) is 0 Å². The average Bonchev–Trinajstić information content (AvgIpc) is 2.20. The highest BCUT2D eigenvalue weighted by Crippen LogP contribution is 2.40. The van der Waals surface area contributed by atoms with Crippen LogP contribution in [0.2, 0.25) is 20.2 Å². The topological polar surface area (TPSA) is 33.1 Å². The standard InChI is InChI=1S/C9H3Cl4NO/c10-3-1-2-4(15)8-5(3)6(11)7(12)9(13)14-8/h1-2,15H. The van der Waals surface area contributed by atoms with Crippen LogP contribution >= 0.6 is 46.4 Å². The second-order valence-corrected chi connectivity index (χ2v) is 4.34. The van der Waals surface area contributed by atoms with Crippen LogP contribution in [0.4, 0.5) is 0 Å². The van der Waals surface area contributed by atoms with E-state index in [1.54, 1.807) is 0 Å². The van der Waals surface area contributed by atoms with Crippen LogP contribution in [0, 0.1) is 0 Å². The summed E-state index contributed by atoms with van der Waals surface area (Å²) in [7, 11) is 0. The van der Waals surface area contributed by atoms with Gasteiger partial charge in [-0.3, -0.25) is 0 Å². The van der Waals surface area contributed by atoms with Gasteiger partial charge in [0.1, 0.15) is 16.4 Å². The number of aromatic hydroxyl groups is 1. The van der Waals surface area contributed by atoms with E-state index in [0.29, 0.717) is 10.4 Å². The van der Waals surface area contributed by atoms with Gasteiger partial charge in [-0.05, 0) is 12.1 Å². The van der Waals surface area contributed by atoms with E-state index in [4.69, 9.17) is 46.4 Å². The number of benzene rings is 1. The van der Waals surface area contributed by atoms with Gasteiger partial charge >= 0.3 is 0 Å². The summed E-state index contributed by atoms with van der Waals surface area (Å²) in [5.74, 6) is -0.0464. The molecular weight excluding hydrogens is 280 g/mol. The monoisotopic (exact) mass is 281 g/mol. The largest absolute Gasteiger partial charge is 0.506 e. The van der Waals surface area contributed by atoms with Crippen molar-refractivity contribution in [2.45, 2.75) is 0 Å². The van der Waals surface area contributed by atoms with Crippen LogP contribution in [0.25, 0.3) is 10.9 Å². The second-order valence-electron chi connectivity index (χ2n) is 2.82. The summed E-state index contributed by atoms with van der Waals surface area (Å²) in [5.41, 5.74) is 0.238. The van der Waals surface area contributed by atoms with Crippen molar-refractivity contribution in [3.05, 3.63) is 32.4 Å². The molecule has 1 aromatic carbocycles. The second kappa shape index (κ2) is 3.87. The first kappa shape index (κ1) is 11.1. The zero-order valence-corrected chi connectivity index (χ0v) is 10.1. The fourth-order valence-electron chi connectivity index (χ4n) is 1.23. The first-order valence-corrected chi connectivity index (χ1v) is 5.35. The summed E-state index contributed by atoms with van der Waals surface area (Å²) >= 11 is 23.4. The van der Waals surface area contributed by atoms with Gasteiger partial charge in [0.25, 0.3) is 0 Å². The third-order valence-corrected chi connectivity index (χ3v) is 3.44. The molecule has 2 nitrogen and oxygen atoms in total. The molecule has 15 heavy (non-hydrogen) atoms. The summed E-state index contributed by atoms with van der Waals surface area (Å²) in [5, 5.41) is 10.7. The maximum Gasteiger partial charge on any atom is 0.150 e. The molecule has 1 heterocycles. The van der Waals surface area contributed by atoms with Crippen LogP contribution in [-0.4, -0.2) is 10.1 Å². The maximum atomic E-state index is 9.55. The number of rotatable bonds is 0. The van der Waals surface area contributed by atoms with Gasteiger partial charge in [0.2, 0.25) is 0 Å². The highest BCUT2D eigenvalue weighted by atomic mass is 35.5. The van der Waals surface area contributed by atoms with Crippen LogP contribution in [0.5, 0.6) is 5.75 Å². The molecule has 0 saturated heterocycles. The lowest BCUT2D eigenvalue weighted by atomic mass is 10.2. The Bertz CT molecular complexity index is 556. The van der Waals surface area contributed by atoms with Gasteiger partial charge in [0, 0.05) is 5.39 Å². The molecule has 0 aliphatic carbocycles. The minimum atomic E-state index is -0.0464. The van der Waals surface area contributed by atoms with E-state index in [1.807, 2.05) is 0 Å². The van der Waals surface area contributed by atoms with E-state index >= 15 is 0 Å². The van der Waals surface area contributed by atoms with Gasteiger partial charge < -0.3 is 5.11 Å². The molecule has 6 heteroatoms. The Morgan fingerprint density at radius 3 is 2.33 bits per heavy atom. The first-order chi connectivity index (χ1) is 7.02. The van der Waals surface area contributed by atoms with Crippen molar-refractivity contribution < 1.29 is 5.11 Å². The van der Waals surface area contributed by atoms with Crippen LogP contribution < -0.4 is 0 Å². The molecule has 0 bridgehead atoms. The van der Waals surface area contributed by atoms with E-state index in [-0.39, 0.29) is 26.5 Å². The maximum absolute atomic E-state index is 9.55. The molecule has 0 fully saturated rings. The molecule has 2 rings (SSSR count). The van der Waals surface area contributed by atoms with Gasteiger partial charge in [-0.1, -0.05) is 46.4 Å². The van der Waals surface area contributed by atoms with Crippen LogP contribution in [0.15, 0.2) is 12.1 Å². The lowest BCUT2D eigenvalue weighted by Crippen LogP contribution is -1.85. The number of phenols is 1. The first-order valence-electron chi connectivity index (χ1n) is 3.84. The average molecular weight is 283 g/mol. The molecule has 0 radical (unpaired) electrons. The summed E-state index contributed by atoms with van der Waals surface area (Å²) in [6.45, 7) is 0. The Labute approximate surface area is 105 Å². The van der Waals surface area contributed by atoms with Gasteiger partial charge in [0.15, 0.2) is 0 Å². The molecule has 0 amide bonds. The minimum Gasteiger partial charge on any atom is -0.506 e. The van der Waals surface area contributed by atoms with E-state index < -0.39 is 0 Å². The Morgan fingerprint density at radius 1 is 1.00 bits per heavy atom. The van der Waals surface area contributed by atoms with E-state index in [9.17, 15) is 5.11 Å². The molecule has 0 unspecified atom stereocenters. The lowest BCUT2D eigenvalue weighted by Gasteiger charge is -2.07. The lowest BCUT2D eigenvalue weighted by molar-refractivity contribution is 0.480. The number of fused-ring (bicyclic) bond motifs is 1. The Kier molecular flexibility index (Phi) is 2.86. The van der Waals surface area contributed by atoms with Crippen LogP contribution in [-0.2, 0) is 0 Å². The minimum absolute atomic E-state index is 0.0340. The SMILES string of the molecule is Oc1ccc(Cl)c2c(Cl)c(Cl)c(Cl)nc12. The summed E-state index contributed by atoms with van der Waals surface area (Å²) in [6, 6.07) is 2.93. The molecule has 78 valence electrons. The number of pyridine rings is 1. The fraction of sp³-hybridized carbons (Fsp3) is 0. The van der Waals surface area contributed by atoms with Gasteiger partial charge in [-0.15, -0.1) is 0 Å². The molecule has 1 N–H and O–H groups in total. The Balaban J connectivity index is 3.04. The smallest absolute Gasteiger partial charge is 0.150 e. The van der Waals surface area contributed by atoms with Crippen molar-refractivity contribution in [2.75, 3.05) is 0 Å². The normalized spacial score (nSPS) is 10.9. The number of hydrogen-bond acceptors (Lipinski definition) is 2. The van der Waals surface area contributed by atoms with Crippen LogP contribution in [0.1, 0.15) is 0 Å². The predicted octanol–water partition coefficient (Wildman–Crippen LogP) is 4.55. The molecule has 0 aliphatic heterocycles. The van der Waals surface area contributed by atoms with Crippen molar-refractivity contribution in [1.29, 1.82) is 0 Å².